The van der Waals surface area contributed by atoms with Gasteiger partial charge in [-0.1, -0.05) is 18.3 Å². The molecule has 0 aromatic heterocycles. The van der Waals surface area contributed by atoms with Crippen LogP contribution in [0.4, 0.5) is 5.69 Å². The molecule has 6 heteroatoms. The Labute approximate surface area is 126 Å². The van der Waals surface area contributed by atoms with Crippen LogP contribution in [0.1, 0.15) is 12.5 Å². The smallest absolute Gasteiger partial charge is 0.219 e. The molecule has 2 N–H and O–H groups in total. The number of nitrogens with zero attached hydrogens (tertiary/aromatic N) is 2. The number of carbonyl (C=O) groups is 1. The van der Waals surface area contributed by atoms with Crippen molar-refractivity contribution in [1.29, 1.82) is 0 Å². The predicted octanol–water partition coefficient (Wildman–Crippen LogP) is 1.75. The third-order valence-electron chi connectivity index (χ3n) is 3.30. The highest BCUT2D eigenvalue weighted by molar-refractivity contribution is 9.10. The van der Waals surface area contributed by atoms with Gasteiger partial charge in [0.15, 0.2) is 0 Å². The van der Waals surface area contributed by atoms with E-state index in [9.17, 15) is 4.79 Å². The number of hydrogen-bond acceptors (Lipinski definition) is 3. The van der Waals surface area contributed by atoms with Gasteiger partial charge in [0.2, 0.25) is 5.91 Å². The standard InChI is InChI=1S/C13H16BrN3OS/c1-9(18)16-5-7-17(8-6-16)11-4-2-3-10(14)12(11)13(15)19/h2-4H,5-8H2,1H3,(H2,15,19). The summed E-state index contributed by atoms with van der Waals surface area (Å²) < 4.78 is 0.909. The highest BCUT2D eigenvalue weighted by atomic mass is 79.9. The molecule has 0 spiro atoms. The van der Waals surface area contributed by atoms with E-state index in [-0.39, 0.29) is 5.91 Å². The highest BCUT2D eigenvalue weighted by Gasteiger charge is 2.21. The van der Waals surface area contributed by atoms with Gasteiger partial charge in [-0.2, -0.15) is 0 Å². The number of thiocarbonyl (C=S) groups is 1. The second kappa shape index (κ2) is 5.88. The minimum Gasteiger partial charge on any atom is -0.389 e. The molecule has 4 nitrogen and oxygen atoms in total. The molecule has 1 aliphatic rings. The summed E-state index contributed by atoms with van der Waals surface area (Å²) in [6.45, 7) is 4.67. The van der Waals surface area contributed by atoms with Crippen molar-refractivity contribution in [2.75, 3.05) is 31.1 Å². The maximum Gasteiger partial charge on any atom is 0.219 e. The molecule has 0 bridgehead atoms. The number of nitrogens with two attached hydrogens (primary N) is 1. The third kappa shape index (κ3) is 3.06. The van der Waals surface area contributed by atoms with E-state index in [4.69, 9.17) is 18.0 Å². The zero-order valence-electron chi connectivity index (χ0n) is 10.7. The molecule has 0 aliphatic carbocycles. The Morgan fingerprint density at radius 1 is 1.32 bits per heavy atom. The molecule has 0 atom stereocenters. The monoisotopic (exact) mass is 341 g/mol. The molecular weight excluding hydrogens is 326 g/mol. The van der Waals surface area contributed by atoms with Crippen LogP contribution in [0.25, 0.3) is 0 Å². The average Bonchev–Trinajstić information content (AvgIpc) is 2.38. The van der Waals surface area contributed by atoms with Crippen molar-refractivity contribution in [2.24, 2.45) is 5.73 Å². The molecule has 0 saturated carbocycles. The van der Waals surface area contributed by atoms with Crippen molar-refractivity contribution in [3.8, 4) is 0 Å². The maximum atomic E-state index is 11.3. The van der Waals surface area contributed by atoms with Crippen molar-refractivity contribution in [1.82, 2.24) is 4.90 Å². The molecule has 19 heavy (non-hydrogen) atoms. The average molecular weight is 342 g/mol. The number of piperazine rings is 1. The minimum atomic E-state index is 0.128. The van der Waals surface area contributed by atoms with Gasteiger partial charge in [-0.15, -0.1) is 0 Å². The Morgan fingerprint density at radius 3 is 2.47 bits per heavy atom. The second-order valence-corrected chi connectivity index (χ2v) is 5.79. The number of halogens is 1. The molecule has 2 rings (SSSR count). The summed E-state index contributed by atoms with van der Waals surface area (Å²) in [5, 5.41) is 0. The highest BCUT2D eigenvalue weighted by Crippen LogP contribution is 2.28. The summed E-state index contributed by atoms with van der Waals surface area (Å²) in [5.41, 5.74) is 7.71. The van der Waals surface area contributed by atoms with Crippen LogP contribution >= 0.6 is 28.1 Å². The molecule has 1 amide bonds. The van der Waals surface area contributed by atoms with Gasteiger partial charge in [-0.05, 0) is 28.1 Å². The summed E-state index contributed by atoms with van der Waals surface area (Å²) in [4.78, 5) is 15.8. The van der Waals surface area contributed by atoms with Gasteiger partial charge in [0.1, 0.15) is 4.99 Å². The van der Waals surface area contributed by atoms with E-state index < -0.39 is 0 Å². The van der Waals surface area contributed by atoms with Crippen molar-refractivity contribution in [3.05, 3.63) is 28.2 Å². The van der Waals surface area contributed by atoms with Crippen LogP contribution in [0.5, 0.6) is 0 Å². The second-order valence-electron chi connectivity index (χ2n) is 4.49. The van der Waals surface area contributed by atoms with E-state index in [1.807, 2.05) is 23.1 Å². The summed E-state index contributed by atoms with van der Waals surface area (Å²) in [5.74, 6) is 0.128. The summed E-state index contributed by atoms with van der Waals surface area (Å²) in [7, 11) is 0. The number of hydrogen-bond donors (Lipinski definition) is 1. The van der Waals surface area contributed by atoms with E-state index >= 15 is 0 Å². The predicted molar refractivity (Wildman–Crippen MR) is 84.5 cm³/mol. The lowest BCUT2D eigenvalue weighted by Crippen LogP contribution is -2.48. The molecule has 0 radical (unpaired) electrons. The largest absolute Gasteiger partial charge is 0.389 e. The van der Waals surface area contributed by atoms with Crippen LogP contribution in [0.3, 0.4) is 0 Å². The first-order valence-corrected chi connectivity index (χ1v) is 7.29. The number of anilines is 1. The molecule has 1 aromatic carbocycles. The fourth-order valence-electron chi connectivity index (χ4n) is 2.28. The van der Waals surface area contributed by atoms with Crippen LogP contribution in [0.15, 0.2) is 22.7 Å². The maximum absolute atomic E-state index is 11.3. The fraction of sp³-hybridized carbons (Fsp3) is 0.385. The topological polar surface area (TPSA) is 49.6 Å². The first-order chi connectivity index (χ1) is 9.00. The lowest BCUT2D eigenvalue weighted by atomic mass is 10.1. The first-order valence-electron chi connectivity index (χ1n) is 6.09. The minimum absolute atomic E-state index is 0.128. The van der Waals surface area contributed by atoms with Gasteiger partial charge >= 0.3 is 0 Å². The normalized spacial score (nSPS) is 15.5. The quantitative estimate of drug-likeness (QED) is 0.832. The fourth-order valence-corrected chi connectivity index (χ4v) is 3.20. The molecule has 1 heterocycles. The van der Waals surface area contributed by atoms with Crippen molar-refractivity contribution in [2.45, 2.75) is 6.92 Å². The number of rotatable bonds is 2. The molecule has 1 fully saturated rings. The Hall–Kier alpha value is -1.14. The number of benzene rings is 1. The SMILES string of the molecule is CC(=O)N1CCN(c2cccc(Br)c2C(N)=S)CC1. The summed E-state index contributed by atoms with van der Waals surface area (Å²) in [6, 6.07) is 5.92. The van der Waals surface area contributed by atoms with Crippen molar-refractivity contribution in [3.63, 3.8) is 0 Å². The van der Waals surface area contributed by atoms with E-state index in [2.05, 4.69) is 20.8 Å². The Morgan fingerprint density at radius 2 is 1.95 bits per heavy atom. The lowest BCUT2D eigenvalue weighted by molar-refractivity contribution is -0.129. The first kappa shape index (κ1) is 14.3. The molecule has 1 saturated heterocycles. The summed E-state index contributed by atoms with van der Waals surface area (Å²) in [6.07, 6.45) is 0. The molecular formula is C13H16BrN3OS. The zero-order valence-corrected chi connectivity index (χ0v) is 13.1. The van der Waals surface area contributed by atoms with E-state index in [0.29, 0.717) is 4.99 Å². The number of amides is 1. The van der Waals surface area contributed by atoms with E-state index in [1.165, 1.54) is 0 Å². The Kier molecular flexibility index (Phi) is 4.42. The lowest BCUT2D eigenvalue weighted by Gasteiger charge is -2.36. The molecule has 102 valence electrons. The van der Waals surface area contributed by atoms with Crippen LogP contribution in [0, 0.1) is 0 Å². The van der Waals surface area contributed by atoms with Gasteiger partial charge < -0.3 is 15.5 Å². The molecule has 0 unspecified atom stereocenters. The Balaban J connectivity index is 2.22. The van der Waals surface area contributed by atoms with Crippen LogP contribution in [-0.2, 0) is 4.79 Å². The van der Waals surface area contributed by atoms with Gasteiger partial charge in [-0.25, -0.2) is 0 Å². The van der Waals surface area contributed by atoms with Crippen LogP contribution in [-0.4, -0.2) is 42.0 Å². The number of carbonyl (C=O) groups excluding carboxylic acids is 1. The van der Waals surface area contributed by atoms with Crippen molar-refractivity contribution < 1.29 is 4.79 Å². The van der Waals surface area contributed by atoms with Gasteiger partial charge in [0.05, 0.1) is 0 Å². The molecule has 1 aliphatic heterocycles. The summed E-state index contributed by atoms with van der Waals surface area (Å²) >= 11 is 8.62. The van der Waals surface area contributed by atoms with Gasteiger partial charge in [-0.3, -0.25) is 4.79 Å². The Bertz CT molecular complexity index is 513. The molecule has 1 aromatic rings. The van der Waals surface area contributed by atoms with Gasteiger partial charge in [0.25, 0.3) is 0 Å². The van der Waals surface area contributed by atoms with Crippen LogP contribution in [0.2, 0.25) is 0 Å². The van der Waals surface area contributed by atoms with E-state index in [1.54, 1.807) is 6.92 Å². The van der Waals surface area contributed by atoms with Crippen LogP contribution < -0.4 is 10.6 Å². The zero-order chi connectivity index (χ0) is 14.0. The third-order valence-corrected chi connectivity index (χ3v) is 4.17. The van der Waals surface area contributed by atoms with Gasteiger partial charge in [0, 0.05) is 48.8 Å². The van der Waals surface area contributed by atoms with Crippen molar-refractivity contribution >= 4 is 44.7 Å². The van der Waals surface area contributed by atoms with E-state index in [0.717, 1.165) is 41.9 Å².